The number of hydrogen-bond donors (Lipinski definition) is 1. The molecule has 0 aliphatic rings. The number of nitrogens with zero attached hydrogens (tertiary/aromatic N) is 2. The van der Waals surface area contributed by atoms with Crippen molar-refractivity contribution in [3.8, 4) is 5.75 Å². The lowest BCUT2D eigenvalue weighted by Crippen LogP contribution is -2.19. The van der Waals surface area contributed by atoms with Crippen LogP contribution in [0.5, 0.6) is 5.75 Å². The quantitative estimate of drug-likeness (QED) is 0.755. The maximum absolute atomic E-state index is 12.9. The minimum absolute atomic E-state index is 0.0113. The molecule has 0 atom stereocenters. The number of carbonyl (C=O) groups is 1. The van der Waals surface area contributed by atoms with Crippen LogP contribution in [0.1, 0.15) is 35.5 Å². The van der Waals surface area contributed by atoms with Gasteiger partial charge in [-0.15, -0.1) is 0 Å². The lowest BCUT2D eigenvalue weighted by Gasteiger charge is -2.12. The second-order valence-corrected chi connectivity index (χ2v) is 8.98. The molecule has 7 nitrogen and oxygen atoms in total. The molecule has 2 aromatic rings. The van der Waals surface area contributed by atoms with Crippen molar-refractivity contribution in [2.45, 2.75) is 20.8 Å². The number of carbonyl (C=O) groups excluding carboxylic acids is 1. The molecule has 0 unspecified atom stereocenters. The van der Waals surface area contributed by atoms with Gasteiger partial charge >= 0.3 is 0 Å². The number of ketones is 1. The van der Waals surface area contributed by atoms with Gasteiger partial charge < -0.3 is 4.74 Å². The average Bonchev–Trinajstić information content (AvgIpc) is 2.88. The molecule has 0 saturated heterocycles. The minimum atomic E-state index is -2.52. The lowest BCUT2D eigenvalue weighted by molar-refractivity contribution is 0.103. The van der Waals surface area contributed by atoms with Crippen LogP contribution in [-0.4, -0.2) is 38.4 Å². The van der Waals surface area contributed by atoms with Gasteiger partial charge in [0.1, 0.15) is 17.0 Å². The van der Waals surface area contributed by atoms with Crippen molar-refractivity contribution in [3.63, 3.8) is 0 Å². The zero-order chi connectivity index (χ0) is 19.6. The molecule has 142 valence electrons. The van der Waals surface area contributed by atoms with Crippen molar-refractivity contribution in [2.75, 3.05) is 18.6 Å². The third-order valence-corrected chi connectivity index (χ3v) is 6.86. The van der Waals surface area contributed by atoms with E-state index in [9.17, 15) is 13.8 Å². The molecule has 1 aromatic carbocycles. The summed E-state index contributed by atoms with van der Waals surface area (Å²) in [5.74, 6) is 0.491. The topological polar surface area (TPSA) is 93.5 Å². The molecule has 1 N–H and O–H groups in total. The first kappa shape index (κ1) is 20.3. The molecule has 0 saturated carbocycles. The predicted octanol–water partition coefficient (Wildman–Crippen LogP) is 3.05. The highest BCUT2D eigenvalue weighted by molar-refractivity contribution is 7.93. The largest absolute Gasteiger partial charge is 0.494 e. The zero-order valence-electron chi connectivity index (χ0n) is 15.4. The minimum Gasteiger partial charge on any atom is -0.494 e. The number of nitrogens with one attached hydrogen (secondary N) is 1. The first-order chi connectivity index (χ1) is 12.2. The van der Waals surface area contributed by atoms with Crippen LogP contribution >= 0.6 is 11.6 Å². The van der Waals surface area contributed by atoms with Crippen molar-refractivity contribution >= 4 is 32.8 Å². The average molecular weight is 400 g/mol. The summed E-state index contributed by atoms with van der Waals surface area (Å²) in [7, 11) is 0.455. The Bertz CT molecular complexity index is 1020. The van der Waals surface area contributed by atoms with E-state index in [-0.39, 0.29) is 21.8 Å². The van der Waals surface area contributed by atoms with Crippen molar-refractivity contribution < 1.29 is 13.7 Å². The summed E-state index contributed by atoms with van der Waals surface area (Å²) in [6.07, 6.45) is 0. The van der Waals surface area contributed by atoms with Gasteiger partial charge in [-0.25, -0.2) is 4.21 Å². The highest BCUT2D eigenvalue weighted by Gasteiger charge is 2.24. The summed E-state index contributed by atoms with van der Waals surface area (Å²) in [6, 6.07) is 3.02. The van der Waals surface area contributed by atoms with Crippen molar-refractivity contribution in [3.05, 3.63) is 44.3 Å². The molecular weight excluding hydrogens is 378 g/mol. The molecule has 0 bridgehead atoms. The highest BCUT2D eigenvalue weighted by atomic mass is 35.5. The van der Waals surface area contributed by atoms with Crippen molar-refractivity contribution in [1.82, 2.24) is 9.78 Å². The van der Waals surface area contributed by atoms with Gasteiger partial charge in [0.15, 0.2) is 0 Å². The summed E-state index contributed by atoms with van der Waals surface area (Å²) >= 11 is 6.43. The van der Waals surface area contributed by atoms with Gasteiger partial charge in [-0.05, 0) is 19.1 Å². The van der Waals surface area contributed by atoms with Gasteiger partial charge in [-0.1, -0.05) is 25.4 Å². The number of aryl methyl sites for hydroxylation is 2. The number of methoxy groups -OCH3 is 1. The Morgan fingerprint density at radius 1 is 1.35 bits per heavy atom. The van der Waals surface area contributed by atoms with Gasteiger partial charge in [0.25, 0.3) is 5.56 Å². The Hall–Kier alpha value is -2.06. The zero-order valence-corrected chi connectivity index (χ0v) is 17.0. The predicted molar refractivity (Wildman–Crippen MR) is 104 cm³/mol. The van der Waals surface area contributed by atoms with Crippen LogP contribution in [-0.2, 0) is 16.8 Å². The summed E-state index contributed by atoms with van der Waals surface area (Å²) in [6.45, 7) is 5.19. The summed E-state index contributed by atoms with van der Waals surface area (Å²) in [5.41, 5.74) is 0.290. The van der Waals surface area contributed by atoms with E-state index >= 15 is 0 Å². The van der Waals surface area contributed by atoms with E-state index in [0.717, 1.165) is 0 Å². The number of ether oxygens (including phenoxy) is 1. The van der Waals surface area contributed by atoms with Crippen LogP contribution in [0.2, 0.25) is 5.02 Å². The van der Waals surface area contributed by atoms with Gasteiger partial charge in [0.2, 0.25) is 5.78 Å². The molecule has 0 spiro atoms. The Labute approximate surface area is 157 Å². The number of benzene rings is 1. The molecule has 0 aliphatic carbocycles. The fourth-order valence-electron chi connectivity index (χ4n) is 2.56. The first-order valence-electron chi connectivity index (χ1n) is 8.08. The van der Waals surface area contributed by atoms with Gasteiger partial charge in [-0.2, -0.15) is 4.36 Å². The van der Waals surface area contributed by atoms with Gasteiger partial charge in [-0.3, -0.25) is 19.4 Å². The molecule has 1 heterocycles. The second-order valence-electron chi connectivity index (χ2n) is 5.72. The van der Waals surface area contributed by atoms with Crippen LogP contribution in [0.3, 0.4) is 0 Å². The first-order valence-corrected chi connectivity index (χ1v) is 10.3. The maximum Gasteiger partial charge on any atom is 0.277 e. The lowest BCUT2D eigenvalue weighted by atomic mass is 10.0. The van der Waals surface area contributed by atoms with E-state index in [2.05, 4.69) is 9.46 Å². The normalized spacial score (nSPS) is 11.5. The Balaban J connectivity index is 2.74. The fraction of sp³-hybridized carbons (Fsp3) is 0.412. The molecule has 0 radical (unpaired) electrons. The van der Waals surface area contributed by atoms with E-state index in [4.69, 9.17) is 16.3 Å². The molecule has 0 fully saturated rings. The number of rotatable bonds is 6. The van der Waals surface area contributed by atoms with E-state index in [1.165, 1.54) is 31.0 Å². The van der Waals surface area contributed by atoms with Crippen LogP contribution in [0.4, 0.5) is 5.69 Å². The van der Waals surface area contributed by atoms with Crippen molar-refractivity contribution in [1.29, 1.82) is 0 Å². The Morgan fingerprint density at radius 3 is 2.42 bits per heavy atom. The third kappa shape index (κ3) is 3.57. The molecule has 9 heteroatoms. The van der Waals surface area contributed by atoms with Crippen LogP contribution in [0.25, 0.3) is 0 Å². The van der Waals surface area contributed by atoms with E-state index in [1.807, 2.05) is 0 Å². The molecule has 1 aromatic heterocycles. The van der Waals surface area contributed by atoms with E-state index in [0.29, 0.717) is 22.9 Å². The highest BCUT2D eigenvalue weighted by Crippen LogP contribution is 2.39. The number of H-pyrrole nitrogens is 1. The summed E-state index contributed by atoms with van der Waals surface area (Å²) < 4.78 is 23.6. The van der Waals surface area contributed by atoms with E-state index < -0.39 is 21.1 Å². The molecule has 0 amide bonds. The van der Waals surface area contributed by atoms with E-state index in [1.54, 1.807) is 20.8 Å². The van der Waals surface area contributed by atoms with Gasteiger partial charge in [0.05, 0.1) is 21.9 Å². The summed E-state index contributed by atoms with van der Waals surface area (Å²) in [4.78, 5) is 25.1. The third-order valence-electron chi connectivity index (χ3n) is 4.16. The molecular formula is C17H22ClN3O4S. The monoisotopic (exact) mass is 399 g/mol. The number of halogens is 1. The second kappa shape index (κ2) is 7.67. The molecule has 2 rings (SSSR count). The Morgan fingerprint density at radius 2 is 1.96 bits per heavy atom. The van der Waals surface area contributed by atoms with Crippen LogP contribution < -0.4 is 10.3 Å². The number of hydrogen-bond acceptors (Lipinski definition) is 5. The van der Waals surface area contributed by atoms with Crippen LogP contribution in [0.15, 0.2) is 21.3 Å². The van der Waals surface area contributed by atoms with Crippen molar-refractivity contribution in [2.24, 2.45) is 11.4 Å². The SMILES string of the molecule is CCS(=O)(CC)=Nc1c(OC)ccc(C(=O)c2c(C)[nH]n(C)c2=O)c1Cl. The number of aromatic nitrogens is 2. The van der Waals surface area contributed by atoms with Crippen LogP contribution in [0, 0.1) is 6.92 Å². The number of aromatic amines is 1. The smallest absolute Gasteiger partial charge is 0.277 e. The molecule has 26 heavy (non-hydrogen) atoms. The Kier molecular flexibility index (Phi) is 5.98. The summed E-state index contributed by atoms with van der Waals surface area (Å²) in [5, 5.41) is 2.81. The fourth-order valence-corrected chi connectivity index (χ4v) is 4.07. The van der Waals surface area contributed by atoms with Gasteiger partial charge in [0, 0.05) is 29.8 Å². The molecule has 0 aliphatic heterocycles. The standard InChI is InChI=1S/C17H22ClN3O4S/c1-6-26(24,7-2)20-15-12(25-5)9-8-11(14(15)18)16(22)13-10(3)19-21(4)17(13)23/h8-9,19H,6-7H2,1-5H3. The maximum atomic E-state index is 12.9.